The summed E-state index contributed by atoms with van der Waals surface area (Å²) >= 11 is 0. The number of ether oxygens (including phenoxy) is 1. The van der Waals surface area contributed by atoms with Gasteiger partial charge in [-0.05, 0) is 37.8 Å². The van der Waals surface area contributed by atoms with E-state index in [0.717, 1.165) is 35.8 Å². The van der Waals surface area contributed by atoms with Crippen molar-refractivity contribution in [1.29, 1.82) is 0 Å². The molecule has 1 atom stereocenters. The number of aliphatic imine (C=N–C) groups is 1. The Kier molecular flexibility index (Phi) is 5.39. The van der Waals surface area contributed by atoms with Gasteiger partial charge in [0.2, 0.25) is 0 Å². The third-order valence-corrected chi connectivity index (χ3v) is 4.80. The van der Waals surface area contributed by atoms with Crippen LogP contribution in [0, 0.1) is 5.92 Å². The summed E-state index contributed by atoms with van der Waals surface area (Å²) in [6.45, 7) is 4.21. The van der Waals surface area contributed by atoms with E-state index in [1.807, 2.05) is 25.2 Å². The fourth-order valence-corrected chi connectivity index (χ4v) is 3.29. The number of benzene rings is 1. The first-order chi connectivity index (χ1) is 11.3. The van der Waals surface area contributed by atoms with E-state index in [1.54, 1.807) is 7.11 Å². The minimum absolute atomic E-state index is 0.711. The highest BCUT2D eigenvalue weighted by atomic mass is 16.5. The van der Waals surface area contributed by atoms with Crippen molar-refractivity contribution in [2.45, 2.75) is 31.8 Å². The average molecular weight is 316 g/mol. The van der Waals surface area contributed by atoms with Gasteiger partial charge in [-0.15, -0.1) is 0 Å². The molecular formula is C18H28N4O. The molecule has 1 unspecified atom stereocenters. The first kappa shape index (κ1) is 16.1. The molecule has 1 aliphatic carbocycles. The minimum atomic E-state index is 0.711. The van der Waals surface area contributed by atoms with Crippen LogP contribution in [0.3, 0.4) is 0 Å². The zero-order valence-corrected chi connectivity index (χ0v) is 14.2. The molecule has 2 aliphatic rings. The zero-order chi connectivity index (χ0) is 16.1. The van der Waals surface area contributed by atoms with Gasteiger partial charge in [-0.1, -0.05) is 18.2 Å². The molecule has 0 radical (unpaired) electrons. The van der Waals surface area contributed by atoms with Gasteiger partial charge in [-0.3, -0.25) is 4.99 Å². The number of para-hydroxylation sites is 1. The van der Waals surface area contributed by atoms with Gasteiger partial charge in [0, 0.05) is 38.3 Å². The normalized spacial score (nSPS) is 22.2. The van der Waals surface area contributed by atoms with Crippen molar-refractivity contribution in [3.05, 3.63) is 29.8 Å². The van der Waals surface area contributed by atoms with Crippen molar-refractivity contribution in [2.75, 3.05) is 33.8 Å². The Hall–Kier alpha value is -1.75. The second kappa shape index (κ2) is 7.68. The summed E-state index contributed by atoms with van der Waals surface area (Å²) in [7, 11) is 3.53. The third-order valence-electron chi connectivity index (χ3n) is 4.80. The van der Waals surface area contributed by atoms with Crippen molar-refractivity contribution in [1.82, 2.24) is 15.5 Å². The fraction of sp³-hybridized carbons (Fsp3) is 0.611. The number of nitrogens with one attached hydrogen (secondary N) is 2. The number of hydrogen-bond donors (Lipinski definition) is 2. The lowest BCUT2D eigenvalue weighted by Crippen LogP contribution is -2.40. The first-order valence-electron chi connectivity index (χ1n) is 8.60. The van der Waals surface area contributed by atoms with Crippen LogP contribution in [0.1, 0.15) is 24.8 Å². The van der Waals surface area contributed by atoms with E-state index in [-0.39, 0.29) is 0 Å². The van der Waals surface area contributed by atoms with Gasteiger partial charge in [0.1, 0.15) is 5.75 Å². The number of methoxy groups -OCH3 is 1. The Balaban J connectivity index is 1.43. The highest BCUT2D eigenvalue weighted by Crippen LogP contribution is 2.31. The van der Waals surface area contributed by atoms with E-state index < -0.39 is 0 Å². The molecule has 1 saturated carbocycles. The van der Waals surface area contributed by atoms with Gasteiger partial charge in [-0.25, -0.2) is 0 Å². The molecular weight excluding hydrogens is 288 g/mol. The molecule has 0 amide bonds. The Morgan fingerprint density at radius 2 is 2.09 bits per heavy atom. The Morgan fingerprint density at radius 1 is 1.26 bits per heavy atom. The highest BCUT2D eigenvalue weighted by molar-refractivity contribution is 5.79. The van der Waals surface area contributed by atoms with E-state index in [0.29, 0.717) is 6.54 Å². The van der Waals surface area contributed by atoms with Gasteiger partial charge in [0.05, 0.1) is 7.11 Å². The second-order valence-electron chi connectivity index (χ2n) is 6.50. The van der Waals surface area contributed by atoms with Crippen molar-refractivity contribution in [3.63, 3.8) is 0 Å². The molecule has 126 valence electrons. The Bertz CT molecular complexity index is 542. The smallest absolute Gasteiger partial charge is 0.191 e. The number of nitrogens with zero attached hydrogens (tertiary/aromatic N) is 2. The summed E-state index contributed by atoms with van der Waals surface area (Å²) in [6, 6.07) is 8.96. The van der Waals surface area contributed by atoms with E-state index in [9.17, 15) is 0 Å². The molecule has 0 aromatic heterocycles. The molecule has 5 heteroatoms. The lowest BCUT2D eigenvalue weighted by molar-refractivity contribution is 0.314. The first-order valence-corrected chi connectivity index (χ1v) is 8.60. The summed E-state index contributed by atoms with van der Waals surface area (Å²) < 4.78 is 5.39. The SMILES string of the molecule is CN=C(NCc1ccccc1OC)NCC1CCN(C2CC2)C1. The Morgan fingerprint density at radius 3 is 2.83 bits per heavy atom. The Labute approximate surface area is 139 Å². The molecule has 3 rings (SSSR count). The van der Waals surface area contributed by atoms with Crippen LogP contribution >= 0.6 is 0 Å². The van der Waals surface area contributed by atoms with E-state index in [4.69, 9.17) is 4.74 Å². The average Bonchev–Trinajstić information content (AvgIpc) is 3.34. The number of rotatable bonds is 6. The summed E-state index contributed by atoms with van der Waals surface area (Å²) in [6.07, 6.45) is 4.11. The van der Waals surface area contributed by atoms with Crippen LogP contribution in [0.5, 0.6) is 5.75 Å². The molecule has 2 fully saturated rings. The number of guanidine groups is 1. The molecule has 1 aromatic carbocycles. The highest BCUT2D eigenvalue weighted by Gasteiger charge is 2.34. The summed E-state index contributed by atoms with van der Waals surface area (Å²) in [5, 5.41) is 6.85. The van der Waals surface area contributed by atoms with Crippen molar-refractivity contribution in [2.24, 2.45) is 10.9 Å². The van der Waals surface area contributed by atoms with Crippen LogP contribution in [0.25, 0.3) is 0 Å². The maximum atomic E-state index is 5.39. The quantitative estimate of drug-likeness (QED) is 0.621. The molecule has 2 N–H and O–H groups in total. The molecule has 1 aliphatic heterocycles. The molecule has 5 nitrogen and oxygen atoms in total. The van der Waals surface area contributed by atoms with Gasteiger partial charge < -0.3 is 20.3 Å². The zero-order valence-electron chi connectivity index (χ0n) is 14.2. The second-order valence-corrected chi connectivity index (χ2v) is 6.50. The van der Waals surface area contributed by atoms with Gasteiger partial charge in [0.15, 0.2) is 5.96 Å². The fourth-order valence-electron chi connectivity index (χ4n) is 3.29. The summed E-state index contributed by atoms with van der Waals surface area (Å²) in [5.74, 6) is 2.51. The standard InChI is InChI=1S/C18H28N4O/c1-19-18(21-12-15-5-3-4-6-17(15)23-2)20-11-14-9-10-22(13-14)16-7-8-16/h3-6,14,16H,7-13H2,1-2H3,(H2,19,20,21). The van der Waals surface area contributed by atoms with E-state index >= 15 is 0 Å². The topological polar surface area (TPSA) is 48.9 Å². The summed E-state index contributed by atoms with van der Waals surface area (Å²) in [5.41, 5.74) is 1.14. The van der Waals surface area contributed by atoms with Crippen LogP contribution in [-0.4, -0.2) is 50.7 Å². The lowest BCUT2D eigenvalue weighted by Gasteiger charge is -2.17. The maximum absolute atomic E-state index is 5.39. The lowest BCUT2D eigenvalue weighted by atomic mass is 10.1. The molecule has 23 heavy (non-hydrogen) atoms. The van der Waals surface area contributed by atoms with Crippen LogP contribution in [-0.2, 0) is 6.54 Å². The van der Waals surface area contributed by atoms with Crippen LogP contribution in [0.15, 0.2) is 29.3 Å². The largest absolute Gasteiger partial charge is 0.496 e. The molecule has 1 heterocycles. The molecule has 1 aromatic rings. The van der Waals surface area contributed by atoms with Crippen molar-refractivity contribution >= 4 is 5.96 Å². The van der Waals surface area contributed by atoms with E-state index in [1.165, 1.54) is 32.4 Å². The molecule has 1 saturated heterocycles. The van der Waals surface area contributed by atoms with Crippen LogP contribution < -0.4 is 15.4 Å². The van der Waals surface area contributed by atoms with Gasteiger partial charge in [0.25, 0.3) is 0 Å². The third kappa shape index (κ3) is 4.38. The monoisotopic (exact) mass is 316 g/mol. The molecule has 0 spiro atoms. The van der Waals surface area contributed by atoms with E-state index in [2.05, 4.69) is 26.6 Å². The predicted molar refractivity (Wildman–Crippen MR) is 93.9 cm³/mol. The number of hydrogen-bond acceptors (Lipinski definition) is 3. The predicted octanol–water partition coefficient (Wildman–Crippen LogP) is 1.84. The minimum Gasteiger partial charge on any atom is -0.496 e. The molecule has 0 bridgehead atoms. The summed E-state index contributed by atoms with van der Waals surface area (Å²) in [4.78, 5) is 6.98. The van der Waals surface area contributed by atoms with Gasteiger partial charge >= 0.3 is 0 Å². The van der Waals surface area contributed by atoms with Crippen LogP contribution in [0.4, 0.5) is 0 Å². The van der Waals surface area contributed by atoms with Gasteiger partial charge in [-0.2, -0.15) is 0 Å². The van der Waals surface area contributed by atoms with Crippen molar-refractivity contribution < 1.29 is 4.74 Å². The van der Waals surface area contributed by atoms with Crippen LogP contribution in [0.2, 0.25) is 0 Å². The number of likely N-dealkylation sites (tertiary alicyclic amines) is 1. The van der Waals surface area contributed by atoms with Crippen molar-refractivity contribution in [3.8, 4) is 5.75 Å². The maximum Gasteiger partial charge on any atom is 0.191 e.